The SMILES string of the molecule is COc1cc(Oc2cnc(N(CC3CC3)C(=O)C3CCOCC3)cn2)cc(C(=O)Nc2ccn(C)n2)c1. The molecule has 0 radical (unpaired) electrons. The van der Waals surface area contributed by atoms with E-state index >= 15 is 0 Å². The van der Waals surface area contributed by atoms with Gasteiger partial charge >= 0.3 is 0 Å². The number of methoxy groups -OCH3 is 1. The van der Waals surface area contributed by atoms with E-state index in [1.807, 2.05) is 0 Å². The minimum atomic E-state index is -0.355. The summed E-state index contributed by atoms with van der Waals surface area (Å²) in [7, 11) is 3.28. The minimum Gasteiger partial charge on any atom is -0.497 e. The van der Waals surface area contributed by atoms with Gasteiger partial charge in [-0.2, -0.15) is 5.10 Å². The Hall–Kier alpha value is -3.99. The van der Waals surface area contributed by atoms with Crippen molar-refractivity contribution in [1.82, 2.24) is 19.7 Å². The smallest absolute Gasteiger partial charge is 0.257 e. The third-order valence-electron chi connectivity index (χ3n) is 6.42. The highest BCUT2D eigenvalue weighted by Gasteiger charge is 2.33. The Morgan fingerprint density at radius 2 is 1.89 bits per heavy atom. The molecule has 11 heteroatoms. The van der Waals surface area contributed by atoms with E-state index in [0.717, 1.165) is 25.7 Å². The van der Waals surface area contributed by atoms with Gasteiger partial charge in [0.15, 0.2) is 11.6 Å². The highest BCUT2D eigenvalue weighted by Crippen LogP contribution is 2.33. The van der Waals surface area contributed by atoms with Gasteiger partial charge in [-0.25, -0.2) is 9.97 Å². The second-order valence-electron chi connectivity index (χ2n) is 9.32. The van der Waals surface area contributed by atoms with Gasteiger partial charge in [0.25, 0.3) is 5.91 Å². The minimum absolute atomic E-state index is 0.0577. The average Bonchev–Trinajstić information content (AvgIpc) is 3.66. The second kappa shape index (κ2) is 11.0. The molecule has 3 heterocycles. The number of aryl methyl sites for hydroxylation is 1. The van der Waals surface area contributed by atoms with Crippen molar-refractivity contribution < 1.29 is 23.8 Å². The zero-order valence-electron chi connectivity index (χ0n) is 20.9. The summed E-state index contributed by atoms with van der Waals surface area (Å²) in [6, 6.07) is 6.55. The summed E-state index contributed by atoms with van der Waals surface area (Å²) in [5.74, 6) is 2.17. The fourth-order valence-corrected chi connectivity index (χ4v) is 4.19. The molecule has 1 saturated heterocycles. The van der Waals surface area contributed by atoms with Crippen molar-refractivity contribution >= 4 is 23.5 Å². The van der Waals surface area contributed by atoms with E-state index < -0.39 is 0 Å². The number of nitrogens with zero attached hydrogens (tertiary/aromatic N) is 5. The number of hydrogen-bond acceptors (Lipinski definition) is 8. The molecule has 37 heavy (non-hydrogen) atoms. The van der Waals surface area contributed by atoms with Gasteiger partial charge in [-0.05, 0) is 43.7 Å². The monoisotopic (exact) mass is 506 g/mol. The Bertz CT molecular complexity index is 1250. The molecule has 2 fully saturated rings. The Morgan fingerprint density at radius 1 is 1.11 bits per heavy atom. The van der Waals surface area contributed by atoms with Crippen molar-refractivity contribution in [2.75, 3.05) is 37.1 Å². The van der Waals surface area contributed by atoms with Gasteiger partial charge in [-0.15, -0.1) is 0 Å². The largest absolute Gasteiger partial charge is 0.497 e. The molecule has 0 unspecified atom stereocenters. The van der Waals surface area contributed by atoms with Crippen LogP contribution in [0.4, 0.5) is 11.6 Å². The van der Waals surface area contributed by atoms with E-state index in [0.29, 0.717) is 54.4 Å². The van der Waals surface area contributed by atoms with Crippen molar-refractivity contribution in [1.29, 1.82) is 0 Å². The van der Waals surface area contributed by atoms with E-state index in [1.54, 1.807) is 53.3 Å². The van der Waals surface area contributed by atoms with Crippen LogP contribution in [0.5, 0.6) is 17.4 Å². The molecule has 11 nitrogen and oxygen atoms in total. The quantitative estimate of drug-likeness (QED) is 0.469. The van der Waals surface area contributed by atoms with E-state index in [9.17, 15) is 9.59 Å². The number of amides is 2. The molecule has 0 spiro atoms. The first-order chi connectivity index (χ1) is 18.0. The standard InChI is InChI=1S/C26H30N6O5/c1-31-8-5-22(30-31)29-25(33)19-11-20(35-2)13-21(12-19)37-24-15-27-23(14-28-24)32(16-17-3-4-17)26(34)18-6-9-36-10-7-18/h5,8,11-15,17-18H,3-4,6-7,9-10,16H2,1-2H3,(H,29,30,33). The molecule has 5 rings (SSSR count). The zero-order chi connectivity index (χ0) is 25.8. The van der Waals surface area contributed by atoms with E-state index in [4.69, 9.17) is 14.2 Å². The first-order valence-corrected chi connectivity index (χ1v) is 12.4. The van der Waals surface area contributed by atoms with Crippen LogP contribution in [-0.4, -0.2) is 58.4 Å². The van der Waals surface area contributed by atoms with Crippen molar-refractivity contribution in [3.63, 3.8) is 0 Å². The van der Waals surface area contributed by atoms with Crippen molar-refractivity contribution in [3.8, 4) is 17.4 Å². The molecule has 194 valence electrons. The van der Waals surface area contributed by atoms with Crippen LogP contribution in [0.15, 0.2) is 42.9 Å². The number of benzene rings is 1. The van der Waals surface area contributed by atoms with Crippen LogP contribution in [0.2, 0.25) is 0 Å². The summed E-state index contributed by atoms with van der Waals surface area (Å²) in [4.78, 5) is 36.7. The fraction of sp³-hybridized carbons (Fsp3) is 0.423. The lowest BCUT2D eigenvalue weighted by atomic mass is 9.98. The van der Waals surface area contributed by atoms with Crippen molar-refractivity contribution in [3.05, 3.63) is 48.4 Å². The number of carbonyl (C=O) groups excluding carboxylic acids is 2. The summed E-state index contributed by atoms with van der Waals surface area (Å²) < 4.78 is 18.3. The predicted octanol–water partition coefficient (Wildman–Crippen LogP) is 3.43. The molecule has 1 aromatic carbocycles. The number of carbonyl (C=O) groups is 2. The summed E-state index contributed by atoms with van der Waals surface area (Å²) in [5, 5.41) is 6.91. The first kappa shape index (κ1) is 24.7. The van der Waals surface area contributed by atoms with E-state index in [1.165, 1.54) is 13.3 Å². The van der Waals surface area contributed by atoms with E-state index in [-0.39, 0.29) is 23.6 Å². The van der Waals surface area contributed by atoms with Crippen molar-refractivity contribution in [2.24, 2.45) is 18.9 Å². The van der Waals surface area contributed by atoms with Gasteiger partial charge in [0, 0.05) is 56.6 Å². The molecular weight excluding hydrogens is 476 g/mol. The number of aromatic nitrogens is 4. The van der Waals surface area contributed by atoms with Gasteiger partial charge in [-0.1, -0.05) is 0 Å². The lowest BCUT2D eigenvalue weighted by Gasteiger charge is -2.28. The molecular formula is C26H30N6O5. The predicted molar refractivity (Wildman–Crippen MR) is 135 cm³/mol. The van der Waals surface area contributed by atoms with E-state index in [2.05, 4.69) is 20.4 Å². The highest BCUT2D eigenvalue weighted by molar-refractivity contribution is 6.04. The van der Waals surface area contributed by atoms with Crippen LogP contribution in [0, 0.1) is 11.8 Å². The Morgan fingerprint density at radius 3 is 2.54 bits per heavy atom. The first-order valence-electron chi connectivity index (χ1n) is 12.4. The molecule has 2 amide bonds. The van der Waals surface area contributed by atoms with Gasteiger partial charge in [-0.3, -0.25) is 19.2 Å². The van der Waals surface area contributed by atoms with Crippen molar-refractivity contribution in [2.45, 2.75) is 25.7 Å². The molecule has 2 aromatic heterocycles. The third-order valence-corrected chi connectivity index (χ3v) is 6.42. The number of anilines is 2. The number of hydrogen-bond donors (Lipinski definition) is 1. The fourth-order valence-electron chi connectivity index (χ4n) is 4.19. The maximum absolute atomic E-state index is 13.3. The van der Waals surface area contributed by atoms with Crippen LogP contribution in [0.3, 0.4) is 0 Å². The van der Waals surface area contributed by atoms with Crippen LogP contribution < -0.4 is 19.7 Å². The molecule has 3 aromatic rings. The van der Waals surface area contributed by atoms with Crippen LogP contribution in [0.25, 0.3) is 0 Å². The Balaban J connectivity index is 1.31. The molecule has 2 aliphatic rings. The molecule has 1 aliphatic heterocycles. The summed E-state index contributed by atoms with van der Waals surface area (Å²) >= 11 is 0. The van der Waals surface area contributed by atoms with Gasteiger partial charge < -0.3 is 19.5 Å². The number of rotatable bonds is 9. The van der Waals surface area contributed by atoms with Crippen LogP contribution in [0.1, 0.15) is 36.0 Å². The Kier molecular flexibility index (Phi) is 7.31. The van der Waals surface area contributed by atoms with Crippen LogP contribution >= 0.6 is 0 Å². The highest BCUT2D eigenvalue weighted by atomic mass is 16.5. The number of ether oxygens (including phenoxy) is 3. The van der Waals surface area contributed by atoms with Gasteiger partial charge in [0.05, 0.1) is 19.5 Å². The van der Waals surface area contributed by atoms with Gasteiger partial charge in [0.1, 0.15) is 11.5 Å². The summed E-state index contributed by atoms with van der Waals surface area (Å²) in [5.41, 5.74) is 0.335. The maximum Gasteiger partial charge on any atom is 0.257 e. The van der Waals surface area contributed by atoms with Crippen LogP contribution in [-0.2, 0) is 16.6 Å². The summed E-state index contributed by atoms with van der Waals surface area (Å²) in [6.07, 6.45) is 8.47. The third kappa shape index (κ3) is 6.23. The molecule has 0 bridgehead atoms. The maximum atomic E-state index is 13.3. The average molecular weight is 507 g/mol. The topological polar surface area (TPSA) is 121 Å². The molecule has 0 atom stereocenters. The lowest BCUT2D eigenvalue weighted by molar-refractivity contribution is -0.125. The molecule has 1 aliphatic carbocycles. The summed E-state index contributed by atoms with van der Waals surface area (Å²) in [6.45, 7) is 1.86. The second-order valence-corrected chi connectivity index (χ2v) is 9.32. The Labute approximate surface area is 214 Å². The molecule has 1 saturated carbocycles. The lowest BCUT2D eigenvalue weighted by Crippen LogP contribution is -2.40. The number of nitrogens with one attached hydrogen (secondary N) is 1. The molecule has 1 N–H and O–H groups in total. The van der Waals surface area contributed by atoms with Gasteiger partial charge in [0.2, 0.25) is 11.8 Å². The zero-order valence-corrected chi connectivity index (χ0v) is 20.9. The normalized spacial score (nSPS) is 15.7.